The number of nitrogens with two attached hydrogens (primary N) is 1. The lowest BCUT2D eigenvalue weighted by Crippen LogP contribution is -2.32. The third kappa shape index (κ3) is 4.85. The highest BCUT2D eigenvalue weighted by molar-refractivity contribution is 5.94. The summed E-state index contributed by atoms with van der Waals surface area (Å²) in [4.78, 5) is 12.3. The van der Waals surface area contributed by atoms with Crippen LogP contribution in [-0.2, 0) is 4.79 Å². The van der Waals surface area contributed by atoms with E-state index in [1.54, 1.807) is 7.11 Å². The van der Waals surface area contributed by atoms with Crippen molar-refractivity contribution in [1.82, 2.24) is 0 Å². The summed E-state index contributed by atoms with van der Waals surface area (Å²) in [6, 6.07) is 5.70. The number of anilines is 1. The predicted octanol–water partition coefficient (Wildman–Crippen LogP) is 2.95. The Morgan fingerprint density at radius 1 is 1.40 bits per heavy atom. The first-order valence-electron chi connectivity index (χ1n) is 6.92. The van der Waals surface area contributed by atoms with Crippen LogP contribution in [0.2, 0.25) is 0 Å². The molecule has 0 spiro atoms. The van der Waals surface area contributed by atoms with Crippen LogP contribution >= 0.6 is 0 Å². The molecule has 0 radical (unpaired) electrons. The van der Waals surface area contributed by atoms with E-state index in [9.17, 15) is 4.79 Å². The molecule has 0 aliphatic rings. The summed E-state index contributed by atoms with van der Waals surface area (Å²) in [5.74, 6) is 0.426. The van der Waals surface area contributed by atoms with Gasteiger partial charge in [0.2, 0.25) is 5.91 Å². The number of aryl methyl sites for hydroxylation is 1. The first-order valence-corrected chi connectivity index (χ1v) is 6.92. The number of methoxy groups -OCH3 is 1. The molecule has 1 aromatic carbocycles. The van der Waals surface area contributed by atoms with Crippen molar-refractivity contribution in [1.29, 1.82) is 0 Å². The SMILES string of the molecule is COc1cc(C)ccc1NC(=O)C(CN)CC(C)(C)C. The third-order valence-electron chi connectivity index (χ3n) is 3.13. The smallest absolute Gasteiger partial charge is 0.228 e. The zero-order valence-electron chi connectivity index (χ0n) is 13.1. The normalized spacial score (nSPS) is 12.9. The van der Waals surface area contributed by atoms with Gasteiger partial charge in [0.25, 0.3) is 0 Å². The van der Waals surface area contributed by atoms with E-state index in [-0.39, 0.29) is 17.2 Å². The molecule has 4 nitrogen and oxygen atoms in total. The maximum Gasteiger partial charge on any atom is 0.228 e. The maximum atomic E-state index is 12.3. The van der Waals surface area contributed by atoms with Gasteiger partial charge in [0.1, 0.15) is 5.75 Å². The lowest BCUT2D eigenvalue weighted by atomic mass is 9.84. The molecule has 0 heterocycles. The van der Waals surface area contributed by atoms with Crippen molar-refractivity contribution < 1.29 is 9.53 Å². The zero-order valence-corrected chi connectivity index (χ0v) is 13.1. The average molecular weight is 278 g/mol. The fourth-order valence-corrected chi connectivity index (χ4v) is 2.16. The molecule has 20 heavy (non-hydrogen) atoms. The van der Waals surface area contributed by atoms with Crippen molar-refractivity contribution in [2.45, 2.75) is 34.1 Å². The first-order chi connectivity index (χ1) is 9.26. The van der Waals surface area contributed by atoms with Crippen molar-refractivity contribution in [2.24, 2.45) is 17.1 Å². The van der Waals surface area contributed by atoms with Crippen molar-refractivity contribution in [3.05, 3.63) is 23.8 Å². The molecule has 0 aromatic heterocycles. The summed E-state index contributed by atoms with van der Waals surface area (Å²) in [5, 5.41) is 2.92. The molecule has 4 heteroatoms. The van der Waals surface area contributed by atoms with Gasteiger partial charge in [0.15, 0.2) is 0 Å². The van der Waals surface area contributed by atoms with E-state index < -0.39 is 0 Å². The Morgan fingerprint density at radius 2 is 2.05 bits per heavy atom. The monoisotopic (exact) mass is 278 g/mol. The first kappa shape index (κ1) is 16.5. The number of carbonyl (C=O) groups excluding carboxylic acids is 1. The van der Waals surface area contributed by atoms with E-state index in [0.29, 0.717) is 18.0 Å². The van der Waals surface area contributed by atoms with Crippen LogP contribution in [0.5, 0.6) is 5.75 Å². The Morgan fingerprint density at radius 3 is 2.55 bits per heavy atom. The lowest BCUT2D eigenvalue weighted by Gasteiger charge is -2.24. The molecular formula is C16H26N2O2. The molecule has 1 rings (SSSR count). The van der Waals surface area contributed by atoms with Gasteiger partial charge in [-0.15, -0.1) is 0 Å². The van der Waals surface area contributed by atoms with Gasteiger partial charge in [0.05, 0.1) is 18.7 Å². The van der Waals surface area contributed by atoms with Gasteiger partial charge in [-0.3, -0.25) is 4.79 Å². The van der Waals surface area contributed by atoms with Gasteiger partial charge in [-0.2, -0.15) is 0 Å². The van der Waals surface area contributed by atoms with Gasteiger partial charge in [-0.25, -0.2) is 0 Å². The van der Waals surface area contributed by atoms with E-state index in [1.807, 2.05) is 25.1 Å². The fraction of sp³-hybridized carbons (Fsp3) is 0.562. The molecular weight excluding hydrogens is 252 g/mol. The number of nitrogens with one attached hydrogen (secondary N) is 1. The molecule has 1 amide bonds. The van der Waals surface area contributed by atoms with Crippen molar-refractivity contribution in [3.8, 4) is 5.75 Å². The largest absolute Gasteiger partial charge is 0.495 e. The summed E-state index contributed by atoms with van der Waals surface area (Å²) in [5.41, 5.74) is 7.58. The van der Waals surface area contributed by atoms with Gasteiger partial charge in [-0.05, 0) is 36.5 Å². The minimum Gasteiger partial charge on any atom is -0.495 e. The third-order valence-corrected chi connectivity index (χ3v) is 3.13. The van der Waals surface area contributed by atoms with Gasteiger partial charge in [-0.1, -0.05) is 26.8 Å². The van der Waals surface area contributed by atoms with E-state index >= 15 is 0 Å². The molecule has 0 saturated heterocycles. The Bertz CT molecular complexity index is 464. The summed E-state index contributed by atoms with van der Waals surface area (Å²) in [7, 11) is 1.60. The van der Waals surface area contributed by atoms with Crippen LogP contribution in [0.4, 0.5) is 5.69 Å². The fourth-order valence-electron chi connectivity index (χ4n) is 2.16. The highest BCUT2D eigenvalue weighted by atomic mass is 16.5. The second-order valence-corrected chi connectivity index (χ2v) is 6.39. The van der Waals surface area contributed by atoms with Crippen molar-refractivity contribution in [3.63, 3.8) is 0 Å². The molecule has 1 aromatic rings. The number of hydrogen-bond donors (Lipinski definition) is 2. The molecule has 1 atom stereocenters. The number of amides is 1. The van der Waals surface area contributed by atoms with Crippen molar-refractivity contribution >= 4 is 11.6 Å². The molecule has 0 aliphatic carbocycles. The predicted molar refractivity (Wildman–Crippen MR) is 83.0 cm³/mol. The highest BCUT2D eigenvalue weighted by Gasteiger charge is 2.24. The molecule has 0 saturated carbocycles. The molecule has 0 aliphatic heterocycles. The zero-order chi connectivity index (χ0) is 15.3. The topological polar surface area (TPSA) is 64.3 Å². The summed E-state index contributed by atoms with van der Waals surface area (Å²) in [6.07, 6.45) is 0.753. The number of ether oxygens (including phenoxy) is 1. The average Bonchev–Trinajstić information content (AvgIpc) is 2.36. The molecule has 112 valence electrons. The summed E-state index contributed by atoms with van der Waals surface area (Å²) in [6.45, 7) is 8.65. The van der Waals surface area contributed by atoms with E-state index in [2.05, 4.69) is 26.1 Å². The maximum absolute atomic E-state index is 12.3. The van der Waals surface area contributed by atoms with Crippen LogP contribution in [0.1, 0.15) is 32.8 Å². The van der Waals surface area contributed by atoms with Gasteiger partial charge >= 0.3 is 0 Å². The quantitative estimate of drug-likeness (QED) is 0.870. The van der Waals surface area contributed by atoms with Crippen LogP contribution in [0.3, 0.4) is 0 Å². The second-order valence-electron chi connectivity index (χ2n) is 6.39. The molecule has 1 unspecified atom stereocenters. The van der Waals surface area contributed by atoms with E-state index in [1.165, 1.54) is 0 Å². The summed E-state index contributed by atoms with van der Waals surface area (Å²) < 4.78 is 5.30. The van der Waals surface area contributed by atoms with E-state index in [4.69, 9.17) is 10.5 Å². The van der Waals surface area contributed by atoms with Gasteiger partial charge in [0, 0.05) is 6.54 Å². The van der Waals surface area contributed by atoms with Crippen LogP contribution in [0.25, 0.3) is 0 Å². The standard InChI is InChI=1S/C16H26N2O2/c1-11-6-7-13(14(8-11)20-5)18-15(19)12(10-17)9-16(2,3)4/h6-8,12H,9-10,17H2,1-5H3,(H,18,19). The van der Waals surface area contributed by atoms with Crippen LogP contribution in [0, 0.1) is 18.3 Å². The minimum absolute atomic E-state index is 0.0513. The van der Waals surface area contributed by atoms with Crippen LogP contribution in [0.15, 0.2) is 18.2 Å². The van der Waals surface area contributed by atoms with Crippen LogP contribution in [-0.4, -0.2) is 19.6 Å². The Hall–Kier alpha value is -1.55. The van der Waals surface area contributed by atoms with Crippen LogP contribution < -0.4 is 15.8 Å². The van der Waals surface area contributed by atoms with Gasteiger partial charge < -0.3 is 15.8 Å². The number of hydrogen-bond acceptors (Lipinski definition) is 3. The Balaban J connectivity index is 2.83. The number of rotatable bonds is 5. The molecule has 3 N–H and O–H groups in total. The second kappa shape index (κ2) is 6.75. The molecule has 0 fully saturated rings. The minimum atomic E-state index is -0.194. The number of benzene rings is 1. The summed E-state index contributed by atoms with van der Waals surface area (Å²) >= 11 is 0. The lowest BCUT2D eigenvalue weighted by molar-refractivity contribution is -0.120. The number of carbonyl (C=O) groups is 1. The Kier molecular flexibility index (Phi) is 5.57. The van der Waals surface area contributed by atoms with E-state index in [0.717, 1.165) is 12.0 Å². The molecule has 0 bridgehead atoms. The Labute approximate surface area is 121 Å². The highest BCUT2D eigenvalue weighted by Crippen LogP contribution is 2.28. The van der Waals surface area contributed by atoms with Crippen molar-refractivity contribution in [2.75, 3.05) is 19.0 Å².